The topological polar surface area (TPSA) is 105 Å². The number of urea groups is 1. The van der Waals surface area contributed by atoms with E-state index in [1.807, 2.05) is 6.92 Å². The van der Waals surface area contributed by atoms with Crippen LogP contribution in [0.2, 0.25) is 0 Å². The standard InChI is InChI=1S/C13H24N2O5/c1-4-8-13(3,11(17)18)15-12(19)14-9-6-7-10(16)20-5-2/h4-9H2,1-3H3,(H,17,18)(H2,14,15,19). The molecule has 0 rings (SSSR count). The summed E-state index contributed by atoms with van der Waals surface area (Å²) in [6, 6.07) is -0.549. The van der Waals surface area contributed by atoms with Crippen LogP contribution >= 0.6 is 0 Å². The van der Waals surface area contributed by atoms with E-state index in [4.69, 9.17) is 9.84 Å². The van der Waals surface area contributed by atoms with Crippen LogP contribution in [0, 0.1) is 0 Å². The Balaban J connectivity index is 4.03. The Morgan fingerprint density at radius 2 is 1.90 bits per heavy atom. The van der Waals surface area contributed by atoms with Crippen LogP contribution in [0.5, 0.6) is 0 Å². The SMILES string of the molecule is CCCC(C)(NC(=O)NCCCC(=O)OCC)C(=O)O. The predicted molar refractivity (Wildman–Crippen MR) is 73.4 cm³/mol. The smallest absolute Gasteiger partial charge is 0.329 e. The number of esters is 1. The normalized spacial score (nSPS) is 13.2. The van der Waals surface area contributed by atoms with E-state index in [-0.39, 0.29) is 18.9 Å². The van der Waals surface area contributed by atoms with Gasteiger partial charge in [0.05, 0.1) is 6.61 Å². The largest absolute Gasteiger partial charge is 0.480 e. The van der Waals surface area contributed by atoms with Gasteiger partial charge >= 0.3 is 18.0 Å². The molecule has 0 heterocycles. The lowest BCUT2D eigenvalue weighted by molar-refractivity contribution is -0.144. The predicted octanol–water partition coefficient (Wildman–Crippen LogP) is 1.27. The second-order valence-corrected chi connectivity index (χ2v) is 4.68. The molecule has 7 nitrogen and oxygen atoms in total. The van der Waals surface area contributed by atoms with Crippen LogP contribution in [0.4, 0.5) is 4.79 Å². The molecule has 7 heteroatoms. The Morgan fingerprint density at radius 1 is 1.25 bits per heavy atom. The highest BCUT2D eigenvalue weighted by atomic mass is 16.5. The molecule has 0 bridgehead atoms. The zero-order valence-corrected chi connectivity index (χ0v) is 12.3. The first-order valence-electron chi connectivity index (χ1n) is 6.80. The molecule has 3 N–H and O–H groups in total. The summed E-state index contributed by atoms with van der Waals surface area (Å²) in [6.07, 6.45) is 1.66. The van der Waals surface area contributed by atoms with Crippen molar-refractivity contribution < 1.29 is 24.2 Å². The van der Waals surface area contributed by atoms with Crippen LogP contribution in [0.3, 0.4) is 0 Å². The number of carboxylic acid groups (broad SMARTS) is 1. The van der Waals surface area contributed by atoms with Crippen molar-refractivity contribution in [2.24, 2.45) is 0 Å². The minimum atomic E-state index is -1.28. The summed E-state index contributed by atoms with van der Waals surface area (Å²) < 4.78 is 4.75. The summed E-state index contributed by atoms with van der Waals surface area (Å²) in [5, 5.41) is 14.1. The number of rotatable bonds is 9. The third-order valence-corrected chi connectivity index (χ3v) is 2.76. The highest BCUT2D eigenvalue weighted by molar-refractivity contribution is 5.85. The molecule has 0 spiro atoms. The minimum Gasteiger partial charge on any atom is -0.480 e. The first kappa shape index (κ1) is 18.2. The Labute approximate surface area is 119 Å². The zero-order valence-electron chi connectivity index (χ0n) is 12.3. The van der Waals surface area contributed by atoms with Crippen LogP contribution in [0.15, 0.2) is 0 Å². The summed E-state index contributed by atoms with van der Waals surface area (Å²) in [6.45, 7) is 5.66. The van der Waals surface area contributed by atoms with Crippen molar-refractivity contribution in [2.45, 2.75) is 52.0 Å². The quantitative estimate of drug-likeness (QED) is 0.438. The molecule has 0 aliphatic rings. The molecule has 0 radical (unpaired) electrons. The van der Waals surface area contributed by atoms with Crippen LogP contribution in [-0.4, -0.2) is 41.8 Å². The van der Waals surface area contributed by atoms with Gasteiger partial charge in [-0.15, -0.1) is 0 Å². The first-order valence-corrected chi connectivity index (χ1v) is 6.80. The Morgan fingerprint density at radius 3 is 2.40 bits per heavy atom. The summed E-state index contributed by atoms with van der Waals surface area (Å²) in [7, 11) is 0. The fourth-order valence-electron chi connectivity index (χ4n) is 1.69. The second-order valence-electron chi connectivity index (χ2n) is 4.68. The number of carbonyl (C=O) groups is 3. The molecular weight excluding hydrogens is 264 g/mol. The summed E-state index contributed by atoms with van der Waals surface area (Å²) in [5.74, 6) is -1.38. The van der Waals surface area contributed by atoms with Gasteiger partial charge in [-0.3, -0.25) is 4.79 Å². The van der Waals surface area contributed by atoms with Crippen LogP contribution < -0.4 is 10.6 Å². The lowest BCUT2D eigenvalue weighted by atomic mass is 9.97. The fourth-order valence-corrected chi connectivity index (χ4v) is 1.69. The maximum Gasteiger partial charge on any atom is 0.329 e. The van der Waals surface area contributed by atoms with Crippen LogP contribution in [-0.2, 0) is 14.3 Å². The van der Waals surface area contributed by atoms with Gasteiger partial charge in [-0.1, -0.05) is 13.3 Å². The number of aliphatic carboxylic acids is 1. The van der Waals surface area contributed by atoms with E-state index in [0.717, 1.165) is 0 Å². The number of hydrogen-bond acceptors (Lipinski definition) is 4. The number of nitrogens with one attached hydrogen (secondary N) is 2. The molecule has 1 atom stereocenters. The first-order chi connectivity index (χ1) is 9.35. The van der Waals surface area contributed by atoms with Gasteiger partial charge in [0.2, 0.25) is 0 Å². The van der Waals surface area contributed by atoms with Gasteiger partial charge < -0.3 is 20.5 Å². The van der Waals surface area contributed by atoms with E-state index >= 15 is 0 Å². The van der Waals surface area contributed by atoms with Gasteiger partial charge in [-0.2, -0.15) is 0 Å². The van der Waals surface area contributed by atoms with E-state index in [1.54, 1.807) is 6.92 Å². The lowest BCUT2D eigenvalue weighted by Gasteiger charge is -2.25. The molecule has 0 saturated carbocycles. The Kier molecular flexibility index (Phi) is 8.35. The van der Waals surface area contributed by atoms with Crippen LogP contribution in [0.1, 0.15) is 46.5 Å². The zero-order chi connectivity index (χ0) is 15.6. The highest BCUT2D eigenvalue weighted by Crippen LogP contribution is 2.12. The lowest BCUT2D eigenvalue weighted by Crippen LogP contribution is -2.55. The van der Waals surface area contributed by atoms with E-state index in [9.17, 15) is 14.4 Å². The molecule has 116 valence electrons. The Hall–Kier alpha value is -1.79. The average Bonchev–Trinajstić information content (AvgIpc) is 2.35. The van der Waals surface area contributed by atoms with Crippen molar-refractivity contribution in [1.82, 2.24) is 10.6 Å². The summed E-state index contributed by atoms with van der Waals surface area (Å²) in [4.78, 5) is 33.8. The van der Waals surface area contributed by atoms with Crippen molar-refractivity contribution in [1.29, 1.82) is 0 Å². The number of hydrogen-bond donors (Lipinski definition) is 3. The molecule has 0 aliphatic heterocycles. The molecule has 20 heavy (non-hydrogen) atoms. The van der Waals surface area contributed by atoms with Crippen molar-refractivity contribution >= 4 is 18.0 Å². The van der Waals surface area contributed by atoms with Gasteiger partial charge in [0, 0.05) is 13.0 Å². The summed E-state index contributed by atoms with van der Waals surface area (Å²) >= 11 is 0. The van der Waals surface area contributed by atoms with E-state index in [2.05, 4.69) is 10.6 Å². The van der Waals surface area contributed by atoms with Crippen molar-refractivity contribution in [3.8, 4) is 0 Å². The average molecular weight is 288 g/mol. The van der Waals surface area contributed by atoms with Gasteiger partial charge in [0.25, 0.3) is 0 Å². The van der Waals surface area contributed by atoms with Crippen molar-refractivity contribution in [2.75, 3.05) is 13.2 Å². The molecule has 0 aromatic heterocycles. The van der Waals surface area contributed by atoms with E-state index < -0.39 is 17.5 Å². The van der Waals surface area contributed by atoms with Crippen LogP contribution in [0.25, 0.3) is 0 Å². The van der Waals surface area contributed by atoms with Gasteiger partial charge in [0.1, 0.15) is 5.54 Å². The van der Waals surface area contributed by atoms with Gasteiger partial charge in [-0.05, 0) is 26.7 Å². The van der Waals surface area contributed by atoms with Crippen molar-refractivity contribution in [3.05, 3.63) is 0 Å². The maximum atomic E-state index is 11.6. The number of amides is 2. The molecule has 0 aliphatic carbocycles. The van der Waals surface area contributed by atoms with Crippen molar-refractivity contribution in [3.63, 3.8) is 0 Å². The van der Waals surface area contributed by atoms with E-state index in [0.29, 0.717) is 25.9 Å². The Bertz CT molecular complexity index is 346. The molecule has 0 fully saturated rings. The number of carboxylic acids is 1. The number of ether oxygens (including phenoxy) is 1. The monoisotopic (exact) mass is 288 g/mol. The third kappa shape index (κ3) is 6.96. The number of carbonyl (C=O) groups excluding carboxylic acids is 2. The second kappa shape index (κ2) is 9.17. The summed E-state index contributed by atoms with van der Waals surface area (Å²) in [5.41, 5.74) is -1.28. The van der Waals surface area contributed by atoms with Gasteiger partial charge in [0.15, 0.2) is 0 Å². The molecule has 1 unspecified atom stereocenters. The minimum absolute atomic E-state index is 0.222. The molecule has 0 aromatic rings. The maximum absolute atomic E-state index is 11.6. The fraction of sp³-hybridized carbons (Fsp3) is 0.769. The molecule has 0 aromatic carbocycles. The third-order valence-electron chi connectivity index (χ3n) is 2.76. The molecule has 0 saturated heterocycles. The van der Waals surface area contributed by atoms with Gasteiger partial charge in [-0.25, -0.2) is 9.59 Å². The molecular formula is C13H24N2O5. The highest BCUT2D eigenvalue weighted by Gasteiger charge is 2.33. The molecule has 2 amide bonds. The van der Waals surface area contributed by atoms with E-state index in [1.165, 1.54) is 6.92 Å².